The predicted molar refractivity (Wildman–Crippen MR) is 82.4 cm³/mol. The van der Waals surface area contributed by atoms with Crippen LogP contribution in [0.1, 0.15) is 52.0 Å². The summed E-state index contributed by atoms with van der Waals surface area (Å²) in [4.78, 5) is 12.3. The van der Waals surface area contributed by atoms with E-state index in [0.29, 0.717) is 0 Å². The first-order chi connectivity index (χ1) is 10.7. The summed E-state index contributed by atoms with van der Waals surface area (Å²) in [6, 6.07) is 3.66. The van der Waals surface area contributed by atoms with Crippen molar-refractivity contribution >= 4 is 11.6 Å². The molecule has 3 nitrogen and oxygen atoms in total. The van der Waals surface area contributed by atoms with Crippen LogP contribution in [0.15, 0.2) is 18.2 Å². The number of rotatable bonds is 6. The number of carbonyl (C=O) groups excluding carboxylic acids is 1. The molecule has 1 aromatic carbocycles. The fraction of sp³-hybridized carbons (Fsp3) is 0.588. The third-order valence-corrected chi connectivity index (χ3v) is 3.97. The molecule has 1 N–H and O–H groups in total. The quantitative estimate of drug-likeness (QED) is 0.796. The zero-order valence-corrected chi connectivity index (χ0v) is 13.6. The van der Waals surface area contributed by atoms with E-state index < -0.39 is 11.7 Å². The summed E-state index contributed by atoms with van der Waals surface area (Å²) >= 11 is 0. The van der Waals surface area contributed by atoms with E-state index in [1.54, 1.807) is 13.8 Å². The van der Waals surface area contributed by atoms with Crippen molar-refractivity contribution in [1.82, 2.24) is 0 Å². The molecular formula is C17H22F3NO2. The number of halogens is 3. The lowest BCUT2D eigenvalue weighted by Gasteiger charge is -2.19. The molecule has 1 aromatic rings. The van der Waals surface area contributed by atoms with Gasteiger partial charge in [0.25, 0.3) is 0 Å². The van der Waals surface area contributed by atoms with Crippen molar-refractivity contribution in [2.75, 3.05) is 5.32 Å². The number of alkyl halides is 3. The summed E-state index contributed by atoms with van der Waals surface area (Å²) in [5.74, 6) is -0.412. The summed E-state index contributed by atoms with van der Waals surface area (Å²) < 4.78 is 44.8. The smallest absolute Gasteiger partial charge is 0.420 e. The molecule has 1 saturated carbocycles. The molecule has 1 aliphatic carbocycles. The van der Waals surface area contributed by atoms with E-state index in [4.69, 9.17) is 4.74 Å². The maximum absolute atomic E-state index is 13.2. The molecule has 0 spiro atoms. The Hall–Kier alpha value is -1.72. The molecule has 0 bridgehead atoms. The number of amides is 1. The molecule has 128 valence electrons. The first-order valence-electron chi connectivity index (χ1n) is 7.87. The molecule has 1 amide bonds. The van der Waals surface area contributed by atoms with E-state index in [1.807, 2.05) is 6.92 Å². The second-order valence-electron chi connectivity index (χ2n) is 6.36. The third-order valence-electron chi connectivity index (χ3n) is 3.97. The molecule has 6 heteroatoms. The minimum absolute atomic E-state index is 0.154. The summed E-state index contributed by atoms with van der Waals surface area (Å²) in [5, 5.41) is 2.63. The van der Waals surface area contributed by atoms with Crippen LogP contribution in [0.4, 0.5) is 18.9 Å². The number of anilines is 1. The fourth-order valence-corrected chi connectivity index (χ4v) is 2.67. The molecular weight excluding hydrogens is 307 g/mol. The fourth-order valence-electron chi connectivity index (χ4n) is 2.67. The highest BCUT2D eigenvalue weighted by Gasteiger charge is 2.48. The highest BCUT2D eigenvalue weighted by molar-refractivity contribution is 5.97. The van der Waals surface area contributed by atoms with Crippen LogP contribution in [0.25, 0.3) is 0 Å². The van der Waals surface area contributed by atoms with Gasteiger partial charge in [-0.15, -0.1) is 0 Å². The van der Waals surface area contributed by atoms with E-state index in [1.165, 1.54) is 12.1 Å². The molecule has 1 fully saturated rings. The van der Waals surface area contributed by atoms with Crippen molar-refractivity contribution in [3.05, 3.63) is 23.8 Å². The van der Waals surface area contributed by atoms with E-state index in [2.05, 4.69) is 5.32 Å². The number of hydrogen-bond donors (Lipinski definition) is 1. The van der Waals surface area contributed by atoms with Gasteiger partial charge >= 0.3 is 6.18 Å². The number of ether oxygens (including phenoxy) is 1. The van der Waals surface area contributed by atoms with Crippen molar-refractivity contribution in [3.8, 4) is 5.75 Å². The Balaban J connectivity index is 2.22. The highest BCUT2D eigenvalue weighted by atomic mass is 19.4. The molecule has 0 saturated heterocycles. The van der Waals surface area contributed by atoms with Gasteiger partial charge in [0.15, 0.2) is 0 Å². The van der Waals surface area contributed by atoms with Gasteiger partial charge < -0.3 is 10.1 Å². The lowest BCUT2D eigenvalue weighted by Crippen LogP contribution is -2.24. The van der Waals surface area contributed by atoms with Gasteiger partial charge in [0.05, 0.1) is 11.7 Å². The maximum atomic E-state index is 13.2. The summed E-state index contributed by atoms with van der Waals surface area (Å²) in [6.07, 6.45) is -1.66. The molecule has 23 heavy (non-hydrogen) atoms. The molecule has 0 unspecified atom stereocenters. The molecule has 0 aliphatic heterocycles. The second-order valence-corrected chi connectivity index (χ2v) is 6.36. The van der Waals surface area contributed by atoms with Crippen LogP contribution < -0.4 is 10.1 Å². The second kappa shape index (κ2) is 6.42. The standard InChI is InChI=1S/C17H22F3NO2/c1-4-7-16(8-9-16)15(22)21-12-5-6-14(23-11(2)3)13(10-12)17(18,19)20/h5-6,10-11H,4,7-9H2,1-3H3,(H,21,22). The van der Waals surface area contributed by atoms with Crippen LogP contribution in [-0.2, 0) is 11.0 Å². The van der Waals surface area contributed by atoms with Crippen molar-refractivity contribution in [1.29, 1.82) is 0 Å². The Labute approximate surface area is 134 Å². The number of hydrogen-bond acceptors (Lipinski definition) is 2. The van der Waals surface area contributed by atoms with Gasteiger partial charge in [-0.3, -0.25) is 4.79 Å². The average molecular weight is 329 g/mol. The van der Waals surface area contributed by atoms with Crippen molar-refractivity contribution in [3.63, 3.8) is 0 Å². The number of benzene rings is 1. The number of carbonyl (C=O) groups is 1. The molecule has 0 atom stereocenters. The van der Waals surface area contributed by atoms with Gasteiger partial charge in [-0.05, 0) is 51.3 Å². The molecule has 0 radical (unpaired) electrons. The Kier molecular flexibility index (Phi) is 4.92. The molecule has 0 heterocycles. The van der Waals surface area contributed by atoms with Gasteiger partial charge in [0.1, 0.15) is 5.75 Å². The molecule has 2 rings (SSSR count). The lowest BCUT2D eigenvalue weighted by atomic mass is 9.99. The van der Waals surface area contributed by atoms with Crippen molar-refractivity contribution < 1.29 is 22.7 Å². The minimum atomic E-state index is -4.54. The van der Waals surface area contributed by atoms with E-state index in [0.717, 1.165) is 31.7 Å². The van der Waals surface area contributed by atoms with Crippen LogP contribution in [0, 0.1) is 5.41 Å². The summed E-state index contributed by atoms with van der Waals surface area (Å²) in [5.41, 5.74) is -1.11. The monoisotopic (exact) mass is 329 g/mol. The Bertz CT molecular complexity index is 578. The first kappa shape index (κ1) is 17.6. The normalized spacial score (nSPS) is 16.3. The van der Waals surface area contributed by atoms with Gasteiger partial charge in [-0.2, -0.15) is 13.2 Å². The van der Waals surface area contributed by atoms with Crippen LogP contribution in [-0.4, -0.2) is 12.0 Å². The van der Waals surface area contributed by atoms with Gasteiger partial charge in [-0.25, -0.2) is 0 Å². The average Bonchev–Trinajstić information content (AvgIpc) is 3.20. The first-order valence-corrected chi connectivity index (χ1v) is 7.87. The van der Waals surface area contributed by atoms with Crippen LogP contribution >= 0.6 is 0 Å². The summed E-state index contributed by atoms with van der Waals surface area (Å²) in [6.45, 7) is 5.32. The van der Waals surface area contributed by atoms with Crippen LogP contribution in [0.3, 0.4) is 0 Å². The number of nitrogens with one attached hydrogen (secondary N) is 1. The third kappa shape index (κ3) is 4.18. The molecule has 1 aliphatic rings. The maximum Gasteiger partial charge on any atom is 0.420 e. The van der Waals surface area contributed by atoms with Crippen LogP contribution in [0.2, 0.25) is 0 Å². The SMILES string of the molecule is CCCC1(C(=O)Nc2ccc(OC(C)C)c(C(F)(F)F)c2)CC1. The predicted octanol–water partition coefficient (Wildman–Crippen LogP) is 5.01. The van der Waals surface area contributed by atoms with E-state index in [9.17, 15) is 18.0 Å². The Morgan fingerprint density at radius 3 is 2.48 bits per heavy atom. The van der Waals surface area contributed by atoms with E-state index >= 15 is 0 Å². The Morgan fingerprint density at radius 1 is 1.35 bits per heavy atom. The minimum Gasteiger partial charge on any atom is -0.490 e. The zero-order valence-electron chi connectivity index (χ0n) is 13.6. The Morgan fingerprint density at radius 2 is 2.00 bits per heavy atom. The molecule has 0 aromatic heterocycles. The topological polar surface area (TPSA) is 38.3 Å². The van der Waals surface area contributed by atoms with Gasteiger partial charge in [0, 0.05) is 11.1 Å². The largest absolute Gasteiger partial charge is 0.490 e. The van der Waals surface area contributed by atoms with E-state index in [-0.39, 0.29) is 28.9 Å². The van der Waals surface area contributed by atoms with Crippen molar-refractivity contribution in [2.45, 2.75) is 58.7 Å². The van der Waals surface area contributed by atoms with Crippen molar-refractivity contribution in [2.24, 2.45) is 5.41 Å². The highest BCUT2D eigenvalue weighted by Crippen LogP contribution is 2.50. The lowest BCUT2D eigenvalue weighted by molar-refractivity contribution is -0.139. The van der Waals surface area contributed by atoms with Gasteiger partial charge in [-0.1, -0.05) is 13.3 Å². The van der Waals surface area contributed by atoms with Crippen LogP contribution in [0.5, 0.6) is 5.75 Å². The van der Waals surface area contributed by atoms with Gasteiger partial charge in [0.2, 0.25) is 5.91 Å². The summed E-state index contributed by atoms with van der Waals surface area (Å²) in [7, 11) is 0. The zero-order chi connectivity index (χ0) is 17.3.